The summed E-state index contributed by atoms with van der Waals surface area (Å²) in [6, 6.07) is 3.41. The van der Waals surface area contributed by atoms with Gasteiger partial charge in [-0.3, -0.25) is 0 Å². The summed E-state index contributed by atoms with van der Waals surface area (Å²) in [5.74, 6) is 0.363. The summed E-state index contributed by atoms with van der Waals surface area (Å²) < 4.78 is 31.5. The minimum atomic E-state index is -3.72. The number of halogens is 1. The van der Waals surface area contributed by atoms with Gasteiger partial charge in [-0.25, -0.2) is 28.1 Å². The number of rotatable bonds is 5. The first-order valence-electron chi connectivity index (χ1n) is 5.48. The van der Waals surface area contributed by atoms with E-state index in [0.717, 1.165) is 12.4 Å². The molecule has 2 aromatic rings. The van der Waals surface area contributed by atoms with Gasteiger partial charge in [-0.1, -0.05) is 6.07 Å². The number of nitrogens with one attached hydrogen (secondary N) is 1. The van der Waals surface area contributed by atoms with Crippen LogP contribution in [0.1, 0.15) is 5.56 Å². The lowest BCUT2D eigenvalue weighted by molar-refractivity contribution is 0.392. The van der Waals surface area contributed by atoms with Crippen LogP contribution in [0.15, 0.2) is 35.6 Å². The van der Waals surface area contributed by atoms with E-state index in [4.69, 9.17) is 16.3 Å². The normalized spacial score (nSPS) is 11.3. The van der Waals surface area contributed by atoms with Crippen LogP contribution < -0.4 is 9.46 Å². The maximum atomic E-state index is 12.0. The molecule has 0 radical (unpaired) electrons. The first-order chi connectivity index (χ1) is 9.53. The number of ether oxygens (including phenoxy) is 1. The lowest BCUT2D eigenvalue weighted by Crippen LogP contribution is -2.24. The fourth-order valence-electron chi connectivity index (χ4n) is 1.44. The van der Waals surface area contributed by atoms with Gasteiger partial charge < -0.3 is 4.74 Å². The molecule has 0 amide bonds. The molecule has 0 aliphatic rings. The van der Waals surface area contributed by atoms with E-state index in [0.29, 0.717) is 11.4 Å². The number of methoxy groups -OCH3 is 1. The number of pyridine rings is 1. The largest absolute Gasteiger partial charge is 0.481 e. The lowest BCUT2D eigenvalue weighted by Gasteiger charge is -2.08. The highest BCUT2D eigenvalue weighted by Gasteiger charge is 2.16. The molecular formula is C11H11ClN4O3S. The standard InChI is InChI=1S/C11H11ClN4O3S/c1-19-10-8(3-2-4-13-10)5-16-20(17,18)9-6-14-11(12)15-7-9/h2-4,6-7,16H,5H2,1H3. The Bertz CT molecular complexity index is 691. The summed E-state index contributed by atoms with van der Waals surface area (Å²) in [5, 5.41) is -0.0159. The van der Waals surface area contributed by atoms with Crippen LogP contribution in [0.3, 0.4) is 0 Å². The van der Waals surface area contributed by atoms with Crippen molar-refractivity contribution in [1.29, 1.82) is 0 Å². The molecule has 2 rings (SSSR count). The zero-order valence-corrected chi connectivity index (χ0v) is 12.0. The van der Waals surface area contributed by atoms with Crippen molar-refractivity contribution >= 4 is 21.6 Å². The number of nitrogens with zero attached hydrogens (tertiary/aromatic N) is 3. The van der Waals surface area contributed by atoms with Gasteiger partial charge in [-0.15, -0.1) is 0 Å². The van der Waals surface area contributed by atoms with E-state index in [1.54, 1.807) is 18.3 Å². The second kappa shape index (κ2) is 6.12. The summed E-state index contributed by atoms with van der Waals surface area (Å²) in [4.78, 5) is 11.2. The zero-order chi connectivity index (χ0) is 14.6. The van der Waals surface area contributed by atoms with Crippen LogP contribution in [0.2, 0.25) is 5.28 Å². The van der Waals surface area contributed by atoms with Crippen LogP contribution in [0.4, 0.5) is 0 Å². The lowest BCUT2D eigenvalue weighted by atomic mass is 10.3. The first kappa shape index (κ1) is 14.6. The topological polar surface area (TPSA) is 94.1 Å². The van der Waals surface area contributed by atoms with Crippen LogP contribution in [0.25, 0.3) is 0 Å². The fourth-order valence-corrected chi connectivity index (χ4v) is 2.43. The van der Waals surface area contributed by atoms with Crippen molar-refractivity contribution in [1.82, 2.24) is 19.7 Å². The molecule has 0 atom stereocenters. The quantitative estimate of drug-likeness (QED) is 0.828. The molecule has 0 saturated heterocycles. The molecular weight excluding hydrogens is 304 g/mol. The average molecular weight is 315 g/mol. The van der Waals surface area contributed by atoms with E-state index >= 15 is 0 Å². The van der Waals surface area contributed by atoms with E-state index in [-0.39, 0.29) is 16.7 Å². The Labute approximate surface area is 121 Å². The predicted octanol–water partition coefficient (Wildman–Crippen LogP) is 1.01. The average Bonchev–Trinajstić information content (AvgIpc) is 2.46. The second-order valence-electron chi connectivity index (χ2n) is 3.68. The molecule has 2 heterocycles. The summed E-state index contributed by atoms with van der Waals surface area (Å²) >= 11 is 5.51. The van der Waals surface area contributed by atoms with Gasteiger partial charge in [0.25, 0.3) is 0 Å². The van der Waals surface area contributed by atoms with Crippen LogP contribution in [0.5, 0.6) is 5.88 Å². The molecule has 0 aliphatic carbocycles. The Hall–Kier alpha value is -1.77. The Morgan fingerprint density at radius 2 is 2.00 bits per heavy atom. The summed E-state index contributed by atoms with van der Waals surface area (Å²) in [5.41, 5.74) is 0.619. The third kappa shape index (κ3) is 3.41. The molecule has 0 fully saturated rings. The maximum absolute atomic E-state index is 12.0. The molecule has 20 heavy (non-hydrogen) atoms. The van der Waals surface area contributed by atoms with Gasteiger partial charge in [0, 0.05) is 18.3 Å². The number of aromatic nitrogens is 3. The maximum Gasteiger partial charge on any atom is 0.243 e. The summed E-state index contributed by atoms with van der Waals surface area (Å²) in [6.45, 7) is 0.0436. The minimum Gasteiger partial charge on any atom is -0.481 e. The molecule has 1 N–H and O–H groups in total. The van der Waals surface area contributed by atoms with E-state index in [9.17, 15) is 8.42 Å². The van der Waals surface area contributed by atoms with Gasteiger partial charge in [0.15, 0.2) is 0 Å². The van der Waals surface area contributed by atoms with Gasteiger partial charge in [0.05, 0.1) is 19.5 Å². The first-order valence-corrected chi connectivity index (χ1v) is 7.34. The molecule has 2 aromatic heterocycles. The minimum absolute atomic E-state index is 0.0159. The Morgan fingerprint density at radius 3 is 2.65 bits per heavy atom. The van der Waals surface area contributed by atoms with E-state index in [1.165, 1.54) is 7.11 Å². The summed E-state index contributed by atoms with van der Waals surface area (Å²) in [6.07, 6.45) is 3.83. The van der Waals surface area contributed by atoms with Crippen molar-refractivity contribution < 1.29 is 13.2 Å². The molecule has 0 saturated carbocycles. The third-order valence-corrected chi connectivity index (χ3v) is 3.95. The smallest absolute Gasteiger partial charge is 0.243 e. The SMILES string of the molecule is COc1ncccc1CNS(=O)(=O)c1cnc(Cl)nc1. The van der Waals surface area contributed by atoms with Crippen molar-refractivity contribution in [3.05, 3.63) is 41.6 Å². The van der Waals surface area contributed by atoms with Gasteiger partial charge in [-0.05, 0) is 17.7 Å². The van der Waals surface area contributed by atoms with Crippen molar-refractivity contribution in [3.63, 3.8) is 0 Å². The molecule has 0 unspecified atom stereocenters. The van der Waals surface area contributed by atoms with E-state index < -0.39 is 10.0 Å². The highest BCUT2D eigenvalue weighted by Crippen LogP contribution is 2.14. The van der Waals surface area contributed by atoms with Crippen molar-refractivity contribution in [3.8, 4) is 5.88 Å². The van der Waals surface area contributed by atoms with Gasteiger partial charge in [0.1, 0.15) is 4.90 Å². The third-order valence-electron chi connectivity index (χ3n) is 2.40. The molecule has 0 bridgehead atoms. The van der Waals surface area contributed by atoms with Crippen LogP contribution >= 0.6 is 11.6 Å². The van der Waals surface area contributed by atoms with Crippen LogP contribution in [0, 0.1) is 0 Å². The number of sulfonamides is 1. The van der Waals surface area contributed by atoms with Crippen molar-refractivity contribution in [2.24, 2.45) is 0 Å². The number of hydrogen-bond acceptors (Lipinski definition) is 6. The fraction of sp³-hybridized carbons (Fsp3) is 0.182. The van der Waals surface area contributed by atoms with E-state index in [2.05, 4.69) is 19.7 Å². The van der Waals surface area contributed by atoms with Crippen molar-refractivity contribution in [2.45, 2.75) is 11.4 Å². The second-order valence-corrected chi connectivity index (χ2v) is 5.79. The number of hydrogen-bond donors (Lipinski definition) is 1. The molecule has 106 valence electrons. The van der Waals surface area contributed by atoms with Crippen LogP contribution in [-0.4, -0.2) is 30.5 Å². The van der Waals surface area contributed by atoms with E-state index in [1.807, 2.05) is 0 Å². The molecule has 0 aliphatic heterocycles. The Balaban J connectivity index is 2.15. The molecule has 9 heteroatoms. The monoisotopic (exact) mass is 314 g/mol. The molecule has 0 spiro atoms. The predicted molar refractivity (Wildman–Crippen MR) is 71.9 cm³/mol. The Morgan fingerprint density at radius 1 is 1.30 bits per heavy atom. The van der Waals surface area contributed by atoms with Crippen LogP contribution in [-0.2, 0) is 16.6 Å². The highest BCUT2D eigenvalue weighted by atomic mass is 35.5. The van der Waals surface area contributed by atoms with Gasteiger partial charge >= 0.3 is 0 Å². The highest BCUT2D eigenvalue weighted by molar-refractivity contribution is 7.89. The summed E-state index contributed by atoms with van der Waals surface area (Å²) in [7, 11) is -2.25. The Kier molecular flexibility index (Phi) is 4.48. The van der Waals surface area contributed by atoms with Crippen molar-refractivity contribution in [2.75, 3.05) is 7.11 Å². The molecule has 0 aromatic carbocycles. The molecule has 7 nitrogen and oxygen atoms in total. The van der Waals surface area contributed by atoms with Gasteiger partial charge in [-0.2, -0.15) is 0 Å². The van der Waals surface area contributed by atoms with Gasteiger partial charge in [0.2, 0.25) is 21.2 Å². The zero-order valence-electron chi connectivity index (χ0n) is 10.4.